The number of aldehydes is 1. The first-order valence-corrected chi connectivity index (χ1v) is 3.86. The molecule has 0 aromatic carbocycles. The molecule has 72 valence electrons. The molecule has 1 rings (SSSR count). The molecular weight excluding hydrogens is 182 g/mol. The van der Waals surface area contributed by atoms with Crippen LogP contribution in [0.3, 0.4) is 0 Å². The SMILES string of the molecule is COc1ccc(C#CC=O)c(OC)n1. The smallest absolute Gasteiger partial charge is 0.232 e. The Bertz CT molecular complexity index is 390. The van der Waals surface area contributed by atoms with Crippen LogP contribution in [0.1, 0.15) is 5.56 Å². The molecule has 0 atom stereocenters. The van der Waals surface area contributed by atoms with Gasteiger partial charge >= 0.3 is 0 Å². The van der Waals surface area contributed by atoms with Crippen molar-refractivity contribution in [1.29, 1.82) is 0 Å². The number of pyridine rings is 1. The molecule has 14 heavy (non-hydrogen) atoms. The lowest BCUT2D eigenvalue weighted by Gasteiger charge is -2.03. The lowest BCUT2D eigenvalue weighted by atomic mass is 10.3. The van der Waals surface area contributed by atoms with Crippen LogP contribution in [0.5, 0.6) is 11.8 Å². The summed E-state index contributed by atoms with van der Waals surface area (Å²) in [6, 6.07) is 3.33. The van der Waals surface area contributed by atoms with Gasteiger partial charge in [0.25, 0.3) is 0 Å². The highest BCUT2D eigenvalue weighted by Gasteiger charge is 2.03. The van der Waals surface area contributed by atoms with E-state index < -0.39 is 0 Å². The molecule has 0 fully saturated rings. The van der Waals surface area contributed by atoms with Gasteiger partial charge in [-0.2, -0.15) is 4.98 Å². The number of ether oxygens (including phenoxy) is 2. The Morgan fingerprint density at radius 1 is 1.36 bits per heavy atom. The zero-order valence-electron chi connectivity index (χ0n) is 7.90. The summed E-state index contributed by atoms with van der Waals surface area (Å²) in [6.45, 7) is 0. The molecule has 1 aromatic rings. The molecule has 0 unspecified atom stereocenters. The van der Waals surface area contributed by atoms with Crippen molar-refractivity contribution in [3.05, 3.63) is 17.7 Å². The van der Waals surface area contributed by atoms with Gasteiger partial charge in [-0.25, -0.2) is 0 Å². The first-order chi connectivity index (χ1) is 6.81. The van der Waals surface area contributed by atoms with E-state index in [4.69, 9.17) is 9.47 Å². The molecule has 0 aliphatic carbocycles. The van der Waals surface area contributed by atoms with E-state index in [1.807, 2.05) is 0 Å². The topological polar surface area (TPSA) is 48.4 Å². The second-order valence-corrected chi connectivity index (χ2v) is 2.30. The molecule has 1 heterocycles. The van der Waals surface area contributed by atoms with E-state index in [2.05, 4.69) is 16.8 Å². The molecule has 0 saturated carbocycles. The molecule has 4 nitrogen and oxygen atoms in total. The number of nitrogens with zero attached hydrogens (tertiary/aromatic N) is 1. The Morgan fingerprint density at radius 3 is 2.71 bits per heavy atom. The maximum atomic E-state index is 10.0. The van der Waals surface area contributed by atoms with Crippen LogP contribution in [0.15, 0.2) is 12.1 Å². The van der Waals surface area contributed by atoms with Crippen LogP contribution in [0.2, 0.25) is 0 Å². The zero-order chi connectivity index (χ0) is 10.4. The summed E-state index contributed by atoms with van der Waals surface area (Å²) in [5.41, 5.74) is 0.556. The lowest BCUT2D eigenvalue weighted by Crippen LogP contribution is -1.94. The Balaban J connectivity index is 3.11. The predicted molar refractivity (Wildman–Crippen MR) is 50.3 cm³/mol. The highest BCUT2D eigenvalue weighted by atomic mass is 16.5. The molecule has 0 radical (unpaired) electrons. The predicted octanol–water partition coefficient (Wildman–Crippen LogP) is 0.649. The fourth-order valence-corrected chi connectivity index (χ4v) is 0.895. The van der Waals surface area contributed by atoms with Crippen molar-refractivity contribution in [3.63, 3.8) is 0 Å². The van der Waals surface area contributed by atoms with Crippen LogP contribution in [0.25, 0.3) is 0 Å². The normalized spacial score (nSPS) is 8.43. The van der Waals surface area contributed by atoms with Crippen molar-refractivity contribution < 1.29 is 14.3 Å². The van der Waals surface area contributed by atoms with Crippen molar-refractivity contribution >= 4 is 6.29 Å². The standard InChI is InChI=1S/C10H9NO3/c1-13-9-6-5-8(4-3-7-12)10(11-9)14-2/h5-7H,1-2H3. The van der Waals surface area contributed by atoms with E-state index in [1.165, 1.54) is 14.2 Å². The molecular formula is C10H9NO3. The first-order valence-electron chi connectivity index (χ1n) is 3.86. The molecule has 0 amide bonds. The molecule has 0 N–H and O–H groups in total. The van der Waals surface area contributed by atoms with Gasteiger partial charge in [0.1, 0.15) is 0 Å². The maximum Gasteiger partial charge on any atom is 0.232 e. The quantitative estimate of drug-likeness (QED) is 0.508. The van der Waals surface area contributed by atoms with Gasteiger partial charge in [-0.15, -0.1) is 0 Å². The van der Waals surface area contributed by atoms with Crippen molar-refractivity contribution in [2.75, 3.05) is 14.2 Å². The monoisotopic (exact) mass is 191 g/mol. The highest BCUT2D eigenvalue weighted by molar-refractivity contribution is 5.74. The third-order valence-corrected chi connectivity index (χ3v) is 1.50. The van der Waals surface area contributed by atoms with Crippen LogP contribution in [0.4, 0.5) is 0 Å². The van der Waals surface area contributed by atoms with Crippen LogP contribution in [-0.2, 0) is 4.79 Å². The molecule has 1 aromatic heterocycles. The number of carbonyl (C=O) groups is 1. The van der Waals surface area contributed by atoms with Gasteiger partial charge in [0, 0.05) is 6.07 Å². The average molecular weight is 191 g/mol. The summed E-state index contributed by atoms with van der Waals surface area (Å²) in [4.78, 5) is 14.0. The van der Waals surface area contributed by atoms with Gasteiger partial charge in [0.05, 0.1) is 19.8 Å². The van der Waals surface area contributed by atoms with E-state index in [-0.39, 0.29) is 0 Å². The number of hydrogen-bond donors (Lipinski definition) is 0. The molecule has 0 aliphatic heterocycles. The summed E-state index contributed by atoms with van der Waals surface area (Å²) >= 11 is 0. The summed E-state index contributed by atoms with van der Waals surface area (Å²) in [6.07, 6.45) is 0.518. The Hall–Kier alpha value is -2.02. The van der Waals surface area contributed by atoms with E-state index >= 15 is 0 Å². The number of aromatic nitrogens is 1. The summed E-state index contributed by atoms with van der Waals surface area (Å²) < 4.78 is 9.88. The summed E-state index contributed by atoms with van der Waals surface area (Å²) in [7, 11) is 2.99. The summed E-state index contributed by atoms with van der Waals surface area (Å²) in [5, 5.41) is 0. The van der Waals surface area contributed by atoms with Crippen LogP contribution >= 0.6 is 0 Å². The molecule has 0 aliphatic rings. The lowest BCUT2D eigenvalue weighted by molar-refractivity contribution is -0.103. The Morgan fingerprint density at radius 2 is 2.14 bits per heavy atom. The minimum atomic E-state index is 0.346. The Kier molecular flexibility index (Phi) is 3.50. The average Bonchev–Trinajstić information content (AvgIpc) is 2.26. The third kappa shape index (κ3) is 2.23. The second kappa shape index (κ2) is 4.87. The van der Waals surface area contributed by atoms with E-state index in [1.54, 1.807) is 12.1 Å². The minimum Gasteiger partial charge on any atom is -0.481 e. The number of hydrogen-bond acceptors (Lipinski definition) is 4. The third-order valence-electron chi connectivity index (χ3n) is 1.50. The van der Waals surface area contributed by atoms with Crippen LogP contribution in [-0.4, -0.2) is 25.5 Å². The van der Waals surface area contributed by atoms with Gasteiger partial charge in [-0.05, 0) is 12.0 Å². The second-order valence-electron chi connectivity index (χ2n) is 2.30. The first kappa shape index (κ1) is 10.1. The summed E-state index contributed by atoms with van der Waals surface area (Å²) in [5.74, 6) is 5.68. The van der Waals surface area contributed by atoms with Gasteiger partial charge in [0.2, 0.25) is 11.8 Å². The van der Waals surface area contributed by atoms with E-state index in [0.29, 0.717) is 23.6 Å². The van der Waals surface area contributed by atoms with Gasteiger partial charge in [-0.1, -0.05) is 5.92 Å². The fraction of sp³-hybridized carbons (Fsp3) is 0.200. The molecule has 0 bridgehead atoms. The Labute approximate surface area is 81.9 Å². The van der Waals surface area contributed by atoms with Gasteiger partial charge in [-0.3, -0.25) is 4.79 Å². The van der Waals surface area contributed by atoms with E-state index in [0.717, 1.165) is 0 Å². The molecule has 4 heteroatoms. The van der Waals surface area contributed by atoms with Gasteiger partial charge in [0.15, 0.2) is 6.29 Å². The van der Waals surface area contributed by atoms with Crippen molar-refractivity contribution in [2.45, 2.75) is 0 Å². The highest BCUT2D eigenvalue weighted by Crippen LogP contribution is 2.18. The largest absolute Gasteiger partial charge is 0.481 e. The minimum absolute atomic E-state index is 0.346. The molecule has 0 spiro atoms. The van der Waals surface area contributed by atoms with Crippen molar-refractivity contribution in [1.82, 2.24) is 4.98 Å². The number of rotatable bonds is 2. The van der Waals surface area contributed by atoms with Crippen LogP contribution < -0.4 is 9.47 Å². The zero-order valence-corrected chi connectivity index (χ0v) is 7.90. The maximum absolute atomic E-state index is 10.0. The van der Waals surface area contributed by atoms with Crippen molar-refractivity contribution in [2.24, 2.45) is 0 Å². The van der Waals surface area contributed by atoms with Crippen LogP contribution in [0, 0.1) is 11.8 Å². The number of carbonyl (C=O) groups excluding carboxylic acids is 1. The fourth-order valence-electron chi connectivity index (χ4n) is 0.895. The number of methoxy groups -OCH3 is 2. The van der Waals surface area contributed by atoms with E-state index in [9.17, 15) is 4.79 Å². The van der Waals surface area contributed by atoms with Gasteiger partial charge < -0.3 is 9.47 Å². The van der Waals surface area contributed by atoms with Crippen molar-refractivity contribution in [3.8, 4) is 23.6 Å². The molecule has 0 saturated heterocycles.